The highest BCUT2D eigenvalue weighted by molar-refractivity contribution is 5.89. The molecule has 0 unspecified atom stereocenters. The lowest BCUT2D eigenvalue weighted by Crippen LogP contribution is -2.36. The Morgan fingerprint density at radius 3 is 2.81 bits per heavy atom. The minimum absolute atomic E-state index is 0.0984. The second-order valence-corrected chi connectivity index (χ2v) is 5.30. The Kier molecular flexibility index (Phi) is 6.90. The van der Waals surface area contributed by atoms with Crippen molar-refractivity contribution in [3.05, 3.63) is 34.6 Å². The molecule has 0 saturated carbocycles. The van der Waals surface area contributed by atoms with Crippen molar-refractivity contribution >= 4 is 24.7 Å². The van der Waals surface area contributed by atoms with Crippen LogP contribution in [0.2, 0.25) is 0 Å². The number of aliphatic hydroxyl groups excluding tert-OH is 3. The van der Waals surface area contributed by atoms with Crippen molar-refractivity contribution in [3.8, 4) is 0 Å². The van der Waals surface area contributed by atoms with E-state index in [-0.39, 0.29) is 11.5 Å². The molecular formula is C15H19N5O7. The lowest BCUT2D eigenvalue weighted by Gasteiger charge is -2.17. The maximum atomic E-state index is 12.1. The first-order chi connectivity index (χ1) is 12.9. The fourth-order valence-electron chi connectivity index (χ4n) is 2.23. The van der Waals surface area contributed by atoms with Crippen molar-refractivity contribution in [1.82, 2.24) is 9.55 Å². The van der Waals surface area contributed by atoms with Crippen LogP contribution in [-0.4, -0.2) is 68.7 Å². The number of ether oxygens (including phenoxy) is 1. The number of aliphatic hydroxyl groups is 3. The van der Waals surface area contributed by atoms with Gasteiger partial charge in [0.1, 0.15) is 18.3 Å². The highest BCUT2D eigenvalue weighted by Crippen LogP contribution is 2.28. The first-order valence-electron chi connectivity index (χ1n) is 7.76. The average molecular weight is 381 g/mol. The number of nitrogens with zero attached hydrogens (tertiary/aromatic N) is 4. The molecule has 12 nitrogen and oxygen atoms in total. The third-order valence-electron chi connectivity index (χ3n) is 3.59. The van der Waals surface area contributed by atoms with Crippen molar-refractivity contribution in [2.45, 2.75) is 31.5 Å². The molecule has 4 N–H and O–H groups in total. The fourth-order valence-corrected chi connectivity index (χ4v) is 2.23. The minimum Gasteiger partial charge on any atom is -0.394 e. The number of anilines is 1. The zero-order chi connectivity index (χ0) is 20.0. The van der Waals surface area contributed by atoms with Gasteiger partial charge in [0.2, 0.25) is 0 Å². The van der Waals surface area contributed by atoms with Crippen LogP contribution < -0.4 is 11.2 Å². The van der Waals surface area contributed by atoms with Gasteiger partial charge in [0.25, 0.3) is 0 Å². The van der Waals surface area contributed by atoms with Crippen LogP contribution in [0.3, 0.4) is 0 Å². The summed E-state index contributed by atoms with van der Waals surface area (Å²) in [4.78, 5) is 39.5. The maximum absolute atomic E-state index is 12.1. The van der Waals surface area contributed by atoms with E-state index in [1.807, 2.05) is 0 Å². The molecule has 4 atom stereocenters. The Hall–Kier alpha value is -2.93. The molecule has 1 aliphatic heterocycles. The molecule has 0 amide bonds. The summed E-state index contributed by atoms with van der Waals surface area (Å²) in [5, 5.41) is 28.8. The minimum atomic E-state index is -1.43. The molecule has 0 radical (unpaired) electrons. The quantitative estimate of drug-likeness (QED) is 0.246. The van der Waals surface area contributed by atoms with Crippen LogP contribution in [0.25, 0.3) is 0 Å². The van der Waals surface area contributed by atoms with Crippen LogP contribution in [-0.2, 0) is 14.4 Å². The van der Waals surface area contributed by atoms with E-state index >= 15 is 0 Å². The number of rotatable bonds is 7. The molecule has 27 heavy (non-hydrogen) atoms. The van der Waals surface area contributed by atoms with E-state index in [9.17, 15) is 19.8 Å². The van der Waals surface area contributed by atoms with Gasteiger partial charge in [-0.1, -0.05) is 0 Å². The highest BCUT2D eigenvalue weighted by Gasteiger charge is 2.43. The van der Waals surface area contributed by atoms with E-state index in [2.05, 4.69) is 27.2 Å². The molecule has 12 heteroatoms. The molecular weight excluding hydrogens is 362 g/mol. The second kappa shape index (κ2) is 9.14. The molecule has 2 rings (SSSR count). The number of aliphatic imine (C=N–C) groups is 2. The van der Waals surface area contributed by atoms with Gasteiger partial charge in [-0.2, -0.15) is 10.5 Å². The van der Waals surface area contributed by atoms with Gasteiger partial charge in [-0.15, -0.1) is 0 Å². The summed E-state index contributed by atoms with van der Waals surface area (Å²) in [5.41, 5.74) is 1.17. The van der Waals surface area contributed by atoms with Crippen molar-refractivity contribution < 1.29 is 29.7 Å². The Morgan fingerprint density at radius 1 is 1.52 bits per heavy atom. The molecule has 0 spiro atoms. The van der Waals surface area contributed by atoms with E-state index in [0.717, 1.165) is 10.8 Å². The molecule has 0 aromatic carbocycles. The third-order valence-corrected chi connectivity index (χ3v) is 3.59. The van der Waals surface area contributed by atoms with Gasteiger partial charge < -0.3 is 24.9 Å². The number of hydrogen-bond donors (Lipinski definition) is 4. The van der Waals surface area contributed by atoms with Crippen LogP contribution in [0, 0.1) is 0 Å². The van der Waals surface area contributed by atoms with E-state index in [1.54, 1.807) is 6.92 Å². The fraction of sp³-hybridized carbons (Fsp3) is 0.400. The molecule has 1 aromatic rings. The van der Waals surface area contributed by atoms with Gasteiger partial charge in [0.15, 0.2) is 17.7 Å². The second-order valence-electron chi connectivity index (χ2n) is 5.30. The molecule has 2 heterocycles. The zero-order valence-electron chi connectivity index (χ0n) is 14.3. The summed E-state index contributed by atoms with van der Waals surface area (Å²) < 4.78 is 6.18. The average Bonchev–Trinajstić information content (AvgIpc) is 2.95. The molecule has 0 bridgehead atoms. The standard InChI is InChI=1S/C15H19N5O7/c1-3-17-6-8(16-2)14(24)27-19-10-4-5-20(15(25)18-10)13-12(23)11(22)9(7-21)26-13/h3-6,9,11-13,21-23H,2,7H2,1H3,(H,18,19,25)/b8-6-,17-3-/t9-,11-,12-,13-/m1/s1. The number of carbonyl (C=O) groups is 1. The van der Waals surface area contributed by atoms with Crippen LogP contribution >= 0.6 is 0 Å². The smallest absolute Gasteiger partial charge is 0.382 e. The molecule has 1 fully saturated rings. The Balaban J connectivity index is 2.08. The van der Waals surface area contributed by atoms with E-state index in [0.29, 0.717) is 0 Å². The van der Waals surface area contributed by atoms with Crippen LogP contribution in [0.1, 0.15) is 13.2 Å². The SMILES string of the molecule is C=N/C(=C\N=C/C)C(=O)ONc1ccn([C@@H]2O[C@H](CO)[C@@H](O)[C@H]2O)c(=O)n1. The number of carbonyl (C=O) groups excluding carboxylic acids is 1. The molecule has 1 saturated heterocycles. The van der Waals surface area contributed by atoms with Crippen LogP contribution in [0.4, 0.5) is 5.82 Å². The third kappa shape index (κ3) is 4.62. The van der Waals surface area contributed by atoms with Crippen LogP contribution in [0.5, 0.6) is 0 Å². The monoisotopic (exact) mass is 381 g/mol. The summed E-state index contributed by atoms with van der Waals surface area (Å²) in [5.74, 6) is -0.996. The van der Waals surface area contributed by atoms with Gasteiger partial charge in [0, 0.05) is 18.5 Å². The number of hydrogen-bond acceptors (Lipinski definition) is 11. The lowest BCUT2D eigenvalue weighted by atomic mass is 10.1. The Bertz CT molecular complexity index is 806. The number of aromatic nitrogens is 2. The topological polar surface area (TPSA) is 168 Å². The van der Waals surface area contributed by atoms with Gasteiger partial charge in [-0.3, -0.25) is 14.6 Å². The summed E-state index contributed by atoms with van der Waals surface area (Å²) >= 11 is 0. The lowest BCUT2D eigenvalue weighted by molar-refractivity contribution is -0.136. The first kappa shape index (κ1) is 20.4. The van der Waals surface area contributed by atoms with Crippen molar-refractivity contribution in [3.63, 3.8) is 0 Å². The highest BCUT2D eigenvalue weighted by atomic mass is 16.7. The van der Waals surface area contributed by atoms with Crippen molar-refractivity contribution in [2.24, 2.45) is 9.98 Å². The Labute approximate surface area is 153 Å². The molecule has 146 valence electrons. The summed E-state index contributed by atoms with van der Waals surface area (Å²) in [6, 6.07) is 1.28. The van der Waals surface area contributed by atoms with Gasteiger partial charge in [-0.05, 0) is 13.6 Å². The number of nitrogens with one attached hydrogen (secondary N) is 1. The summed E-state index contributed by atoms with van der Waals surface area (Å²) in [7, 11) is 0. The molecule has 0 aliphatic carbocycles. The predicted octanol–water partition coefficient (Wildman–Crippen LogP) is -1.64. The van der Waals surface area contributed by atoms with Crippen molar-refractivity contribution in [1.29, 1.82) is 0 Å². The summed E-state index contributed by atoms with van der Waals surface area (Å²) in [6.45, 7) is 4.34. The molecule has 1 aromatic heterocycles. The first-order valence-corrected chi connectivity index (χ1v) is 7.76. The van der Waals surface area contributed by atoms with Gasteiger partial charge in [0.05, 0.1) is 12.8 Å². The molecule has 1 aliphatic rings. The largest absolute Gasteiger partial charge is 0.394 e. The zero-order valence-corrected chi connectivity index (χ0v) is 14.3. The predicted molar refractivity (Wildman–Crippen MR) is 93.0 cm³/mol. The van der Waals surface area contributed by atoms with Crippen LogP contribution in [0.15, 0.2) is 38.9 Å². The van der Waals surface area contributed by atoms with Crippen molar-refractivity contribution in [2.75, 3.05) is 12.1 Å². The Morgan fingerprint density at radius 2 is 2.26 bits per heavy atom. The van der Waals surface area contributed by atoms with Gasteiger partial charge >= 0.3 is 11.7 Å². The van der Waals surface area contributed by atoms with E-state index < -0.39 is 42.8 Å². The van der Waals surface area contributed by atoms with E-state index in [4.69, 9.17) is 14.7 Å². The summed E-state index contributed by atoms with van der Waals surface area (Å²) in [6.07, 6.45) is -1.24. The normalized spacial score (nSPS) is 25.6. The maximum Gasteiger partial charge on any atom is 0.382 e. The van der Waals surface area contributed by atoms with Gasteiger partial charge in [-0.25, -0.2) is 9.59 Å². The van der Waals surface area contributed by atoms with E-state index in [1.165, 1.54) is 18.5 Å².